The van der Waals surface area contributed by atoms with E-state index in [0.29, 0.717) is 23.6 Å². The lowest BCUT2D eigenvalue weighted by molar-refractivity contribution is -0.136. The molecule has 0 aliphatic carbocycles. The van der Waals surface area contributed by atoms with Gasteiger partial charge in [-0.1, -0.05) is 0 Å². The first kappa shape index (κ1) is 20.8. The Balaban J connectivity index is 1.78. The summed E-state index contributed by atoms with van der Waals surface area (Å²) in [5.74, 6) is -0.422. The molecular formula is C20H22N2O6. The van der Waals surface area contributed by atoms with Crippen LogP contribution in [0.3, 0.4) is 0 Å². The SMILES string of the molecule is CCOc1ccc(OCC(=O)Nc2ccc(C(=O)NCCC(=O)O)cc2)cc1. The number of benzene rings is 2. The predicted molar refractivity (Wildman–Crippen MR) is 103 cm³/mol. The van der Waals surface area contributed by atoms with Gasteiger partial charge < -0.3 is 25.2 Å². The molecule has 3 N–H and O–H groups in total. The molecule has 2 aromatic rings. The average Bonchev–Trinajstić information content (AvgIpc) is 2.68. The van der Waals surface area contributed by atoms with Gasteiger partial charge in [-0.25, -0.2) is 0 Å². The molecule has 0 unspecified atom stereocenters. The van der Waals surface area contributed by atoms with Crippen molar-refractivity contribution in [2.24, 2.45) is 0 Å². The van der Waals surface area contributed by atoms with Crippen LogP contribution in [-0.2, 0) is 9.59 Å². The number of ether oxygens (including phenoxy) is 2. The fourth-order valence-electron chi connectivity index (χ4n) is 2.23. The summed E-state index contributed by atoms with van der Waals surface area (Å²) in [7, 11) is 0. The Morgan fingerprint density at radius 1 is 0.929 bits per heavy atom. The Labute approximate surface area is 162 Å². The van der Waals surface area contributed by atoms with Crippen molar-refractivity contribution in [3.8, 4) is 11.5 Å². The van der Waals surface area contributed by atoms with Gasteiger partial charge in [-0.05, 0) is 55.5 Å². The van der Waals surface area contributed by atoms with Gasteiger partial charge in [-0.2, -0.15) is 0 Å². The summed E-state index contributed by atoms with van der Waals surface area (Å²) >= 11 is 0. The third kappa shape index (κ3) is 6.99. The van der Waals surface area contributed by atoms with Gasteiger partial charge >= 0.3 is 5.97 Å². The van der Waals surface area contributed by atoms with Crippen molar-refractivity contribution in [2.75, 3.05) is 25.1 Å². The topological polar surface area (TPSA) is 114 Å². The van der Waals surface area contributed by atoms with Crippen LogP contribution in [0.1, 0.15) is 23.7 Å². The molecular weight excluding hydrogens is 364 g/mol. The van der Waals surface area contributed by atoms with Gasteiger partial charge in [0.1, 0.15) is 11.5 Å². The van der Waals surface area contributed by atoms with Crippen molar-refractivity contribution < 1.29 is 29.0 Å². The lowest BCUT2D eigenvalue weighted by atomic mass is 10.2. The Kier molecular flexibility index (Phi) is 7.83. The van der Waals surface area contributed by atoms with E-state index in [9.17, 15) is 14.4 Å². The largest absolute Gasteiger partial charge is 0.494 e. The molecule has 28 heavy (non-hydrogen) atoms. The van der Waals surface area contributed by atoms with Gasteiger partial charge in [0, 0.05) is 17.8 Å². The molecule has 0 bridgehead atoms. The number of carbonyl (C=O) groups is 3. The van der Waals surface area contributed by atoms with E-state index in [1.807, 2.05) is 6.92 Å². The van der Waals surface area contributed by atoms with Crippen LogP contribution in [0.5, 0.6) is 11.5 Å². The standard InChI is InChI=1S/C20H22N2O6/c1-2-27-16-7-9-17(10-8-16)28-13-18(23)22-15-5-3-14(4-6-15)20(26)21-12-11-19(24)25/h3-10H,2,11-13H2,1H3,(H,21,26)(H,22,23)(H,24,25). The Bertz CT molecular complexity index is 802. The Morgan fingerprint density at radius 2 is 1.54 bits per heavy atom. The zero-order chi connectivity index (χ0) is 20.4. The molecule has 0 heterocycles. The van der Waals surface area contributed by atoms with E-state index in [-0.39, 0.29) is 31.4 Å². The lowest BCUT2D eigenvalue weighted by Gasteiger charge is -2.09. The maximum atomic E-state index is 12.0. The van der Waals surface area contributed by atoms with Crippen LogP contribution in [0.4, 0.5) is 5.69 Å². The van der Waals surface area contributed by atoms with Crippen LogP contribution in [0, 0.1) is 0 Å². The average molecular weight is 386 g/mol. The minimum absolute atomic E-state index is 0.0511. The minimum Gasteiger partial charge on any atom is -0.494 e. The van der Waals surface area contributed by atoms with E-state index in [1.54, 1.807) is 48.5 Å². The smallest absolute Gasteiger partial charge is 0.305 e. The van der Waals surface area contributed by atoms with Gasteiger partial charge in [-0.3, -0.25) is 14.4 Å². The number of amides is 2. The third-order valence-electron chi connectivity index (χ3n) is 3.56. The number of rotatable bonds is 10. The van der Waals surface area contributed by atoms with E-state index >= 15 is 0 Å². The highest BCUT2D eigenvalue weighted by Gasteiger charge is 2.08. The second-order valence-electron chi connectivity index (χ2n) is 5.72. The zero-order valence-electron chi connectivity index (χ0n) is 15.4. The summed E-state index contributed by atoms with van der Waals surface area (Å²) in [6.45, 7) is 2.36. The molecule has 0 atom stereocenters. The van der Waals surface area contributed by atoms with Crippen molar-refractivity contribution in [1.82, 2.24) is 5.32 Å². The third-order valence-corrected chi connectivity index (χ3v) is 3.56. The highest BCUT2D eigenvalue weighted by Crippen LogP contribution is 2.17. The highest BCUT2D eigenvalue weighted by atomic mass is 16.5. The van der Waals surface area contributed by atoms with Crippen LogP contribution in [0.25, 0.3) is 0 Å². The first-order valence-electron chi connectivity index (χ1n) is 8.73. The summed E-state index contributed by atoms with van der Waals surface area (Å²) in [6.07, 6.45) is -0.145. The summed E-state index contributed by atoms with van der Waals surface area (Å²) in [4.78, 5) is 34.3. The number of anilines is 1. The molecule has 0 saturated heterocycles. The van der Waals surface area contributed by atoms with Crippen LogP contribution in [-0.4, -0.2) is 42.6 Å². The quantitative estimate of drug-likeness (QED) is 0.577. The highest BCUT2D eigenvalue weighted by molar-refractivity contribution is 5.96. The number of carbonyl (C=O) groups excluding carboxylic acids is 2. The van der Waals surface area contributed by atoms with Crippen LogP contribution >= 0.6 is 0 Å². The van der Waals surface area contributed by atoms with Crippen molar-refractivity contribution >= 4 is 23.5 Å². The molecule has 0 saturated carbocycles. The molecule has 0 fully saturated rings. The molecule has 0 radical (unpaired) electrons. The van der Waals surface area contributed by atoms with Gasteiger partial charge in [0.2, 0.25) is 0 Å². The molecule has 2 rings (SSSR count). The normalized spacial score (nSPS) is 10.0. The number of carboxylic acid groups (broad SMARTS) is 1. The molecule has 0 aliphatic heterocycles. The monoisotopic (exact) mass is 386 g/mol. The maximum absolute atomic E-state index is 12.0. The zero-order valence-corrected chi connectivity index (χ0v) is 15.4. The van der Waals surface area contributed by atoms with Crippen molar-refractivity contribution in [2.45, 2.75) is 13.3 Å². The van der Waals surface area contributed by atoms with E-state index in [1.165, 1.54) is 0 Å². The second kappa shape index (κ2) is 10.6. The number of aliphatic carboxylic acids is 1. The molecule has 8 heteroatoms. The first-order chi connectivity index (χ1) is 13.5. The molecule has 0 spiro atoms. The molecule has 0 aliphatic rings. The van der Waals surface area contributed by atoms with Crippen LogP contribution < -0.4 is 20.1 Å². The molecule has 148 valence electrons. The number of hydrogen-bond acceptors (Lipinski definition) is 5. The summed E-state index contributed by atoms with van der Waals surface area (Å²) in [6, 6.07) is 13.2. The van der Waals surface area contributed by atoms with E-state index < -0.39 is 5.97 Å². The Morgan fingerprint density at radius 3 is 2.11 bits per heavy atom. The first-order valence-corrected chi connectivity index (χ1v) is 8.73. The molecule has 2 amide bonds. The summed E-state index contributed by atoms with van der Waals surface area (Å²) in [5.41, 5.74) is 0.886. The van der Waals surface area contributed by atoms with Gasteiger partial charge in [0.15, 0.2) is 6.61 Å². The second-order valence-corrected chi connectivity index (χ2v) is 5.72. The fourth-order valence-corrected chi connectivity index (χ4v) is 2.23. The number of carboxylic acids is 1. The fraction of sp³-hybridized carbons (Fsp3) is 0.250. The minimum atomic E-state index is -0.981. The Hall–Kier alpha value is -3.55. The molecule has 0 aromatic heterocycles. The van der Waals surface area contributed by atoms with E-state index in [0.717, 1.165) is 5.75 Å². The van der Waals surface area contributed by atoms with E-state index in [2.05, 4.69) is 10.6 Å². The maximum Gasteiger partial charge on any atom is 0.305 e. The predicted octanol–water partition coefficient (Wildman–Crippen LogP) is 2.31. The van der Waals surface area contributed by atoms with Crippen molar-refractivity contribution in [3.63, 3.8) is 0 Å². The molecule has 2 aromatic carbocycles. The van der Waals surface area contributed by atoms with Crippen molar-refractivity contribution in [3.05, 3.63) is 54.1 Å². The van der Waals surface area contributed by atoms with Gasteiger partial charge in [-0.15, -0.1) is 0 Å². The van der Waals surface area contributed by atoms with Gasteiger partial charge in [0.05, 0.1) is 13.0 Å². The van der Waals surface area contributed by atoms with Gasteiger partial charge in [0.25, 0.3) is 11.8 Å². The number of hydrogen-bond donors (Lipinski definition) is 3. The summed E-state index contributed by atoms with van der Waals surface area (Å²) in [5, 5.41) is 13.7. The van der Waals surface area contributed by atoms with Crippen LogP contribution in [0.2, 0.25) is 0 Å². The summed E-state index contributed by atoms with van der Waals surface area (Å²) < 4.78 is 10.8. The van der Waals surface area contributed by atoms with Crippen molar-refractivity contribution in [1.29, 1.82) is 0 Å². The molecule has 8 nitrogen and oxygen atoms in total. The number of nitrogens with one attached hydrogen (secondary N) is 2. The van der Waals surface area contributed by atoms with E-state index in [4.69, 9.17) is 14.6 Å². The lowest BCUT2D eigenvalue weighted by Crippen LogP contribution is -2.26. The van der Waals surface area contributed by atoms with Crippen LogP contribution in [0.15, 0.2) is 48.5 Å².